The lowest BCUT2D eigenvalue weighted by molar-refractivity contribution is -0.118. The second-order valence-electron chi connectivity index (χ2n) is 10.1. The molecule has 4 saturated carbocycles. The molecule has 0 aliphatic heterocycles. The van der Waals surface area contributed by atoms with Gasteiger partial charge in [-0.15, -0.1) is 0 Å². The van der Waals surface area contributed by atoms with E-state index in [1.54, 1.807) is 7.11 Å². The highest BCUT2D eigenvalue weighted by molar-refractivity contribution is 5.43. The van der Waals surface area contributed by atoms with Gasteiger partial charge in [-0.2, -0.15) is 0 Å². The Labute approximate surface area is 158 Å². The van der Waals surface area contributed by atoms with Crippen molar-refractivity contribution in [2.24, 2.45) is 16.7 Å². The van der Waals surface area contributed by atoms with Gasteiger partial charge in [0.2, 0.25) is 0 Å². The first-order valence-electron chi connectivity index (χ1n) is 10.4. The minimum absolute atomic E-state index is 0.341. The number of hydrogen-bond acceptors (Lipinski definition) is 3. The van der Waals surface area contributed by atoms with Gasteiger partial charge in [0.05, 0.1) is 13.7 Å². The van der Waals surface area contributed by atoms with E-state index in [2.05, 4.69) is 44.3 Å². The SMILES string of the molecule is CCCOc1ccc(CNC23CC4CC(C)(CC(C)(C4)C2)C3)cc1OC. The topological polar surface area (TPSA) is 30.5 Å². The van der Waals surface area contributed by atoms with Crippen LogP contribution in [0.25, 0.3) is 0 Å². The van der Waals surface area contributed by atoms with E-state index in [0.29, 0.717) is 16.4 Å². The van der Waals surface area contributed by atoms with Gasteiger partial charge in [-0.3, -0.25) is 0 Å². The van der Waals surface area contributed by atoms with Gasteiger partial charge in [0.15, 0.2) is 11.5 Å². The number of hydrogen-bond donors (Lipinski definition) is 1. The van der Waals surface area contributed by atoms with Crippen molar-refractivity contribution >= 4 is 0 Å². The maximum absolute atomic E-state index is 5.79. The van der Waals surface area contributed by atoms with Crippen LogP contribution >= 0.6 is 0 Å². The summed E-state index contributed by atoms with van der Waals surface area (Å²) in [5.41, 5.74) is 2.73. The summed E-state index contributed by atoms with van der Waals surface area (Å²) in [5, 5.41) is 4.01. The van der Waals surface area contributed by atoms with Crippen molar-refractivity contribution in [3.63, 3.8) is 0 Å². The van der Waals surface area contributed by atoms with Crippen LogP contribution in [0.1, 0.15) is 71.3 Å². The Morgan fingerprint density at radius 3 is 2.38 bits per heavy atom. The summed E-state index contributed by atoms with van der Waals surface area (Å²) < 4.78 is 11.3. The molecule has 0 saturated heterocycles. The zero-order chi connectivity index (χ0) is 18.4. The summed E-state index contributed by atoms with van der Waals surface area (Å²) in [6.45, 7) is 8.85. The Kier molecular flexibility index (Phi) is 4.50. The third-order valence-corrected chi connectivity index (χ3v) is 6.98. The minimum atomic E-state index is 0.341. The normalized spacial score (nSPS) is 37.8. The van der Waals surface area contributed by atoms with E-state index in [0.717, 1.165) is 37.0 Å². The summed E-state index contributed by atoms with van der Waals surface area (Å²) in [5.74, 6) is 2.63. The van der Waals surface area contributed by atoms with Crippen LogP contribution in [0.4, 0.5) is 0 Å². The van der Waals surface area contributed by atoms with Crippen LogP contribution < -0.4 is 14.8 Å². The van der Waals surface area contributed by atoms with Gasteiger partial charge in [0.25, 0.3) is 0 Å². The molecule has 2 unspecified atom stereocenters. The Morgan fingerprint density at radius 1 is 1.04 bits per heavy atom. The number of methoxy groups -OCH3 is 1. The van der Waals surface area contributed by atoms with Gasteiger partial charge >= 0.3 is 0 Å². The Hall–Kier alpha value is -1.22. The average Bonchev–Trinajstić information content (AvgIpc) is 2.55. The minimum Gasteiger partial charge on any atom is -0.493 e. The third-order valence-electron chi connectivity index (χ3n) is 6.98. The van der Waals surface area contributed by atoms with Crippen LogP contribution in [-0.4, -0.2) is 19.3 Å². The second-order valence-corrected chi connectivity index (χ2v) is 10.1. The smallest absolute Gasteiger partial charge is 0.161 e. The van der Waals surface area contributed by atoms with Gasteiger partial charge in [-0.25, -0.2) is 0 Å². The molecule has 0 spiro atoms. The molecule has 144 valence electrons. The first-order valence-corrected chi connectivity index (χ1v) is 10.4. The van der Waals surface area contributed by atoms with Crippen LogP contribution in [0.3, 0.4) is 0 Å². The molecule has 4 aliphatic carbocycles. The Bertz CT molecular complexity index is 652. The van der Waals surface area contributed by atoms with Gasteiger partial charge in [-0.1, -0.05) is 26.8 Å². The molecule has 1 aromatic carbocycles. The molecular formula is C23H35NO2. The Morgan fingerprint density at radius 2 is 1.77 bits per heavy atom. The predicted octanol–water partition coefficient (Wildman–Crippen LogP) is 5.32. The third kappa shape index (κ3) is 3.35. The fraction of sp³-hybridized carbons (Fsp3) is 0.739. The van der Waals surface area contributed by atoms with Crippen molar-refractivity contribution in [1.29, 1.82) is 0 Å². The zero-order valence-corrected chi connectivity index (χ0v) is 17.0. The number of benzene rings is 1. The van der Waals surface area contributed by atoms with E-state index < -0.39 is 0 Å². The van der Waals surface area contributed by atoms with Gasteiger partial charge in [0.1, 0.15) is 0 Å². The molecule has 0 radical (unpaired) electrons. The molecule has 0 amide bonds. The first-order chi connectivity index (χ1) is 12.4. The maximum atomic E-state index is 5.79. The molecule has 4 fully saturated rings. The highest BCUT2D eigenvalue weighted by Gasteiger charge is 2.59. The maximum Gasteiger partial charge on any atom is 0.161 e. The second kappa shape index (κ2) is 6.44. The monoisotopic (exact) mass is 357 g/mol. The van der Waals surface area contributed by atoms with Crippen LogP contribution in [0.2, 0.25) is 0 Å². The average molecular weight is 358 g/mol. The van der Waals surface area contributed by atoms with Crippen molar-refractivity contribution in [3.8, 4) is 11.5 Å². The van der Waals surface area contributed by atoms with Crippen molar-refractivity contribution in [3.05, 3.63) is 23.8 Å². The van der Waals surface area contributed by atoms with E-state index in [9.17, 15) is 0 Å². The van der Waals surface area contributed by atoms with Crippen LogP contribution in [-0.2, 0) is 6.54 Å². The van der Waals surface area contributed by atoms with Gasteiger partial charge in [0, 0.05) is 12.1 Å². The molecule has 26 heavy (non-hydrogen) atoms. The molecule has 4 aliphatic rings. The fourth-order valence-corrected chi connectivity index (χ4v) is 7.09. The molecular weight excluding hydrogens is 322 g/mol. The summed E-state index contributed by atoms with van der Waals surface area (Å²) >= 11 is 0. The van der Waals surface area contributed by atoms with E-state index in [1.807, 2.05) is 0 Å². The Balaban J connectivity index is 1.47. The summed E-state index contributed by atoms with van der Waals surface area (Å²) in [4.78, 5) is 0. The quantitative estimate of drug-likeness (QED) is 0.716. The lowest BCUT2D eigenvalue weighted by Gasteiger charge is -2.65. The number of ether oxygens (including phenoxy) is 2. The molecule has 4 bridgehead atoms. The standard InChI is InChI=1S/C23H35NO2/c1-5-8-26-19-7-6-17(9-20(19)25-4)13-24-23-12-18-10-21(2,15-23)14-22(3,11-18)16-23/h6-7,9,18,24H,5,8,10-16H2,1-4H3. The first kappa shape index (κ1) is 18.2. The molecule has 0 aromatic heterocycles. The van der Waals surface area contributed by atoms with E-state index >= 15 is 0 Å². The molecule has 3 heteroatoms. The number of nitrogens with one attached hydrogen (secondary N) is 1. The van der Waals surface area contributed by atoms with E-state index in [-0.39, 0.29) is 0 Å². The van der Waals surface area contributed by atoms with E-state index in [1.165, 1.54) is 44.1 Å². The van der Waals surface area contributed by atoms with Crippen LogP contribution in [0.5, 0.6) is 11.5 Å². The number of rotatable bonds is 7. The molecule has 2 atom stereocenters. The lowest BCUT2D eigenvalue weighted by Crippen LogP contribution is -2.63. The summed E-state index contributed by atoms with van der Waals surface area (Å²) in [7, 11) is 1.73. The fourth-order valence-electron chi connectivity index (χ4n) is 7.09. The van der Waals surface area contributed by atoms with E-state index in [4.69, 9.17) is 9.47 Å². The van der Waals surface area contributed by atoms with Gasteiger partial charge in [-0.05, 0) is 79.4 Å². The largest absolute Gasteiger partial charge is 0.493 e. The van der Waals surface area contributed by atoms with Crippen LogP contribution in [0.15, 0.2) is 18.2 Å². The molecule has 1 aromatic rings. The zero-order valence-electron chi connectivity index (χ0n) is 17.0. The lowest BCUT2D eigenvalue weighted by atomic mass is 9.43. The molecule has 0 heterocycles. The molecule has 3 nitrogen and oxygen atoms in total. The van der Waals surface area contributed by atoms with Crippen molar-refractivity contribution in [1.82, 2.24) is 5.32 Å². The summed E-state index contributed by atoms with van der Waals surface area (Å²) in [6, 6.07) is 6.39. The predicted molar refractivity (Wildman–Crippen MR) is 106 cm³/mol. The molecule has 1 N–H and O–H groups in total. The van der Waals surface area contributed by atoms with Crippen molar-refractivity contribution < 1.29 is 9.47 Å². The van der Waals surface area contributed by atoms with Crippen molar-refractivity contribution in [2.75, 3.05) is 13.7 Å². The van der Waals surface area contributed by atoms with Gasteiger partial charge < -0.3 is 14.8 Å². The highest BCUT2D eigenvalue weighted by Crippen LogP contribution is 2.66. The van der Waals surface area contributed by atoms with Crippen molar-refractivity contribution in [2.45, 2.75) is 77.8 Å². The highest BCUT2D eigenvalue weighted by atomic mass is 16.5. The molecule has 5 rings (SSSR count). The van der Waals surface area contributed by atoms with Crippen LogP contribution in [0, 0.1) is 16.7 Å². The summed E-state index contributed by atoms with van der Waals surface area (Å²) in [6.07, 6.45) is 9.40.